The molecule has 0 radical (unpaired) electrons. The Morgan fingerprint density at radius 1 is 1.05 bits per heavy atom. The van der Waals surface area contributed by atoms with E-state index < -0.39 is 6.09 Å². The summed E-state index contributed by atoms with van der Waals surface area (Å²) in [4.78, 5) is 26.9. The standard InChI is InChI=1S/C14H15N5O3/c20-13(8-1-2-11-12(3-8)16-17-15-11)18-4-9-6-19(14(21)22)7-10(9)5-18/h1-3,9-10H,4-7H2,(H,21,22)(H,15,16,17)/t9-,10-/m1/s1. The van der Waals surface area contributed by atoms with Crippen LogP contribution in [0.3, 0.4) is 0 Å². The van der Waals surface area contributed by atoms with Crippen molar-refractivity contribution in [2.24, 2.45) is 11.8 Å². The summed E-state index contributed by atoms with van der Waals surface area (Å²) in [6.45, 7) is 2.27. The summed E-state index contributed by atoms with van der Waals surface area (Å²) in [7, 11) is 0. The monoisotopic (exact) mass is 301 g/mol. The fourth-order valence-electron chi connectivity index (χ4n) is 3.47. The van der Waals surface area contributed by atoms with Crippen molar-refractivity contribution < 1.29 is 14.7 Å². The number of hydrogen-bond acceptors (Lipinski definition) is 4. The van der Waals surface area contributed by atoms with Gasteiger partial charge in [0, 0.05) is 43.6 Å². The number of fused-ring (bicyclic) bond motifs is 2. The second-order valence-corrected chi connectivity index (χ2v) is 5.94. The van der Waals surface area contributed by atoms with Gasteiger partial charge in [0.05, 0.1) is 0 Å². The molecule has 0 saturated carbocycles. The van der Waals surface area contributed by atoms with Gasteiger partial charge in [-0.3, -0.25) is 4.79 Å². The van der Waals surface area contributed by atoms with E-state index in [4.69, 9.17) is 5.11 Å². The lowest BCUT2D eigenvalue weighted by atomic mass is 10.0. The first-order valence-corrected chi connectivity index (χ1v) is 7.19. The minimum Gasteiger partial charge on any atom is -0.465 e. The maximum absolute atomic E-state index is 12.6. The number of carboxylic acid groups (broad SMARTS) is 1. The minimum absolute atomic E-state index is 0.0267. The van der Waals surface area contributed by atoms with Crippen LogP contribution in [0.1, 0.15) is 10.4 Å². The van der Waals surface area contributed by atoms with Gasteiger partial charge in [0.2, 0.25) is 0 Å². The molecule has 8 nitrogen and oxygen atoms in total. The molecule has 8 heteroatoms. The SMILES string of the molecule is O=C(O)N1C[C@H]2CN(C(=O)c3ccc4n[nH]nc4c3)C[C@@H]2C1. The molecule has 2 N–H and O–H groups in total. The maximum Gasteiger partial charge on any atom is 0.407 e. The summed E-state index contributed by atoms with van der Waals surface area (Å²) in [6.07, 6.45) is -0.872. The van der Waals surface area contributed by atoms with E-state index >= 15 is 0 Å². The van der Waals surface area contributed by atoms with Crippen LogP contribution >= 0.6 is 0 Å². The van der Waals surface area contributed by atoms with E-state index in [2.05, 4.69) is 15.4 Å². The van der Waals surface area contributed by atoms with Gasteiger partial charge in [0.15, 0.2) is 0 Å². The fraction of sp³-hybridized carbons (Fsp3) is 0.429. The van der Waals surface area contributed by atoms with Crippen LogP contribution in [0.4, 0.5) is 4.79 Å². The van der Waals surface area contributed by atoms with Gasteiger partial charge < -0.3 is 14.9 Å². The fourth-order valence-corrected chi connectivity index (χ4v) is 3.47. The maximum atomic E-state index is 12.6. The van der Waals surface area contributed by atoms with Gasteiger partial charge in [0.1, 0.15) is 11.0 Å². The molecular weight excluding hydrogens is 286 g/mol. The van der Waals surface area contributed by atoms with Crippen molar-refractivity contribution in [1.29, 1.82) is 0 Å². The van der Waals surface area contributed by atoms with Crippen LogP contribution in [0.15, 0.2) is 18.2 Å². The summed E-state index contributed by atoms with van der Waals surface area (Å²) in [5, 5.41) is 19.5. The highest BCUT2D eigenvalue weighted by molar-refractivity contribution is 5.97. The van der Waals surface area contributed by atoms with Gasteiger partial charge >= 0.3 is 6.09 Å². The molecular formula is C14H15N5O3. The summed E-state index contributed by atoms with van der Waals surface area (Å²) in [5.41, 5.74) is 1.99. The summed E-state index contributed by atoms with van der Waals surface area (Å²) >= 11 is 0. The zero-order valence-corrected chi connectivity index (χ0v) is 11.8. The molecule has 22 heavy (non-hydrogen) atoms. The van der Waals surface area contributed by atoms with Crippen molar-refractivity contribution in [1.82, 2.24) is 25.2 Å². The summed E-state index contributed by atoms with van der Waals surface area (Å²) < 4.78 is 0. The van der Waals surface area contributed by atoms with Gasteiger partial charge in [-0.1, -0.05) is 0 Å². The molecule has 2 amide bonds. The van der Waals surface area contributed by atoms with Crippen molar-refractivity contribution in [3.8, 4) is 0 Å². The quantitative estimate of drug-likeness (QED) is 0.804. The number of nitrogens with zero attached hydrogens (tertiary/aromatic N) is 4. The van der Waals surface area contributed by atoms with Gasteiger partial charge in [0.25, 0.3) is 5.91 Å². The molecule has 2 aliphatic rings. The molecule has 2 atom stereocenters. The lowest BCUT2D eigenvalue weighted by molar-refractivity contribution is 0.0774. The predicted octanol–water partition coefficient (Wildman–Crippen LogP) is 0.640. The lowest BCUT2D eigenvalue weighted by Gasteiger charge is -2.20. The number of benzene rings is 1. The Hall–Kier alpha value is -2.64. The number of hydrogen-bond donors (Lipinski definition) is 2. The second kappa shape index (κ2) is 4.69. The number of carbonyl (C=O) groups is 2. The first-order chi connectivity index (χ1) is 10.6. The predicted molar refractivity (Wildman–Crippen MR) is 76.4 cm³/mol. The third-order valence-corrected chi connectivity index (χ3v) is 4.61. The molecule has 0 bridgehead atoms. The zero-order valence-electron chi connectivity index (χ0n) is 11.8. The van der Waals surface area contributed by atoms with E-state index in [-0.39, 0.29) is 17.7 Å². The van der Waals surface area contributed by atoms with Crippen LogP contribution in [0, 0.1) is 11.8 Å². The molecule has 0 spiro atoms. The Balaban J connectivity index is 1.50. The van der Waals surface area contributed by atoms with Crippen molar-refractivity contribution in [2.45, 2.75) is 0 Å². The van der Waals surface area contributed by atoms with Crippen LogP contribution in [0.25, 0.3) is 11.0 Å². The summed E-state index contributed by atoms with van der Waals surface area (Å²) in [5.74, 6) is 0.466. The van der Waals surface area contributed by atoms with E-state index in [1.165, 1.54) is 4.90 Å². The highest BCUT2D eigenvalue weighted by atomic mass is 16.4. The Kier molecular flexibility index (Phi) is 2.78. The van der Waals surface area contributed by atoms with Crippen molar-refractivity contribution in [3.63, 3.8) is 0 Å². The number of nitrogens with one attached hydrogen (secondary N) is 1. The van der Waals surface area contributed by atoms with E-state index in [0.29, 0.717) is 37.3 Å². The van der Waals surface area contributed by atoms with Crippen molar-refractivity contribution in [2.75, 3.05) is 26.2 Å². The van der Waals surface area contributed by atoms with E-state index in [9.17, 15) is 9.59 Å². The number of carbonyl (C=O) groups excluding carboxylic acids is 1. The number of likely N-dealkylation sites (tertiary alicyclic amines) is 2. The van der Waals surface area contributed by atoms with E-state index in [1.807, 2.05) is 4.90 Å². The van der Waals surface area contributed by atoms with E-state index in [0.717, 1.165) is 5.52 Å². The van der Waals surface area contributed by atoms with Gasteiger partial charge in [-0.05, 0) is 18.2 Å². The normalized spacial score (nSPS) is 24.0. The molecule has 2 aromatic rings. The molecule has 2 fully saturated rings. The Bertz CT molecular complexity index is 744. The molecule has 2 saturated heterocycles. The molecule has 2 aliphatic heterocycles. The largest absolute Gasteiger partial charge is 0.465 e. The number of amides is 2. The zero-order chi connectivity index (χ0) is 15.3. The first kappa shape index (κ1) is 13.1. The third-order valence-electron chi connectivity index (χ3n) is 4.61. The third kappa shape index (κ3) is 1.99. The Morgan fingerprint density at radius 3 is 2.36 bits per heavy atom. The molecule has 1 aromatic carbocycles. The molecule has 0 unspecified atom stereocenters. The molecule has 4 rings (SSSR count). The average molecular weight is 301 g/mol. The van der Waals surface area contributed by atoms with Gasteiger partial charge in [-0.25, -0.2) is 4.79 Å². The van der Waals surface area contributed by atoms with Crippen LogP contribution < -0.4 is 0 Å². The Morgan fingerprint density at radius 2 is 1.68 bits per heavy atom. The highest BCUT2D eigenvalue weighted by Crippen LogP contribution is 2.32. The van der Waals surface area contributed by atoms with E-state index in [1.54, 1.807) is 18.2 Å². The average Bonchev–Trinajstić information content (AvgIpc) is 3.18. The number of aromatic amines is 1. The number of rotatable bonds is 1. The summed E-state index contributed by atoms with van der Waals surface area (Å²) in [6, 6.07) is 5.26. The van der Waals surface area contributed by atoms with Gasteiger partial charge in [-0.2, -0.15) is 15.4 Å². The van der Waals surface area contributed by atoms with Crippen LogP contribution in [-0.2, 0) is 0 Å². The van der Waals surface area contributed by atoms with Gasteiger partial charge in [-0.15, -0.1) is 0 Å². The number of aromatic nitrogens is 3. The van der Waals surface area contributed by atoms with Crippen molar-refractivity contribution in [3.05, 3.63) is 23.8 Å². The smallest absolute Gasteiger partial charge is 0.407 e. The lowest BCUT2D eigenvalue weighted by Crippen LogP contribution is -2.35. The molecule has 1 aromatic heterocycles. The Labute approximate surface area is 125 Å². The topological polar surface area (TPSA) is 102 Å². The minimum atomic E-state index is -0.872. The van der Waals surface area contributed by atoms with Crippen molar-refractivity contribution >= 4 is 23.0 Å². The second-order valence-electron chi connectivity index (χ2n) is 5.94. The van der Waals surface area contributed by atoms with Crippen LogP contribution in [0.2, 0.25) is 0 Å². The molecule has 114 valence electrons. The van der Waals surface area contributed by atoms with Crippen LogP contribution in [0.5, 0.6) is 0 Å². The van der Waals surface area contributed by atoms with Crippen LogP contribution in [-0.4, -0.2) is 68.5 Å². The molecule has 0 aliphatic carbocycles. The highest BCUT2D eigenvalue weighted by Gasteiger charge is 2.43. The first-order valence-electron chi connectivity index (χ1n) is 7.19. The number of H-pyrrole nitrogens is 1. The molecule has 3 heterocycles.